The zero-order valence-corrected chi connectivity index (χ0v) is 10.2. The molecule has 2 N–H and O–H groups in total. The summed E-state index contributed by atoms with van der Waals surface area (Å²) in [6, 6.07) is 1.01. The van der Waals surface area contributed by atoms with Gasteiger partial charge in [-0.2, -0.15) is 0 Å². The number of nitrogens with one attached hydrogen (secondary N) is 2. The van der Waals surface area contributed by atoms with Crippen LogP contribution in [0.3, 0.4) is 0 Å². The van der Waals surface area contributed by atoms with Gasteiger partial charge in [-0.05, 0) is 25.8 Å². The molecular formula is C11H19N3S. The molecular weight excluding hydrogens is 206 g/mol. The summed E-state index contributed by atoms with van der Waals surface area (Å²) in [5.74, 6) is 0.793. The third-order valence-electron chi connectivity index (χ3n) is 3.16. The molecule has 0 spiro atoms. The predicted molar refractivity (Wildman–Crippen MR) is 64.1 cm³/mol. The maximum atomic E-state index is 4.32. The summed E-state index contributed by atoms with van der Waals surface area (Å²) in [7, 11) is 0. The van der Waals surface area contributed by atoms with Crippen molar-refractivity contribution in [2.24, 2.45) is 5.92 Å². The fourth-order valence-corrected chi connectivity index (χ4v) is 2.68. The van der Waals surface area contributed by atoms with Crippen molar-refractivity contribution < 1.29 is 0 Å². The summed E-state index contributed by atoms with van der Waals surface area (Å²) in [6.45, 7) is 6.71. The van der Waals surface area contributed by atoms with Crippen LogP contribution in [-0.2, 0) is 0 Å². The minimum atomic E-state index is 0.375. The van der Waals surface area contributed by atoms with Gasteiger partial charge in [0.2, 0.25) is 0 Å². The minimum Gasteiger partial charge on any atom is -0.312 e. The van der Waals surface area contributed by atoms with Crippen molar-refractivity contribution in [1.29, 1.82) is 0 Å². The molecule has 3 unspecified atom stereocenters. The van der Waals surface area contributed by atoms with Crippen molar-refractivity contribution in [1.82, 2.24) is 15.6 Å². The minimum absolute atomic E-state index is 0.375. The van der Waals surface area contributed by atoms with Crippen molar-refractivity contribution >= 4 is 11.3 Å². The molecule has 0 radical (unpaired) electrons. The smallest absolute Gasteiger partial charge is 0.109 e. The molecule has 3 atom stereocenters. The Kier molecular flexibility index (Phi) is 3.72. The lowest BCUT2D eigenvalue weighted by Gasteiger charge is -2.19. The highest BCUT2D eigenvalue weighted by Crippen LogP contribution is 2.17. The van der Waals surface area contributed by atoms with Crippen molar-refractivity contribution in [3.05, 3.63) is 16.6 Å². The molecule has 15 heavy (non-hydrogen) atoms. The van der Waals surface area contributed by atoms with E-state index < -0.39 is 0 Å². The Labute approximate surface area is 95.3 Å². The second-order valence-corrected chi connectivity index (χ2v) is 5.25. The SMILES string of the molecule is CC(NCC1NCCC1C)c1nccs1. The van der Waals surface area contributed by atoms with Crippen LogP contribution in [0.1, 0.15) is 31.3 Å². The summed E-state index contributed by atoms with van der Waals surface area (Å²) in [5, 5.41) is 10.3. The molecule has 0 aromatic carbocycles. The first kappa shape index (κ1) is 11.0. The molecule has 1 aromatic heterocycles. The van der Waals surface area contributed by atoms with Gasteiger partial charge in [-0.3, -0.25) is 0 Å². The monoisotopic (exact) mass is 225 g/mol. The van der Waals surface area contributed by atoms with E-state index in [-0.39, 0.29) is 0 Å². The van der Waals surface area contributed by atoms with Gasteiger partial charge in [0.25, 0.3) is 0 Å². The van der Waals surface area contributed by atoms with Gasteiger partial charge in [0.15, 0.2) is 0 Å². The Balaban J connectivity index is 1.78. The van der Waals surface area contributed by atoms with E-state index in [4.69, 9.17) is 0 Å². The molecule has 0 saturated carbocycles. The average molecular weight is 225 g/mol. The lowest BCUT2D eigenvalue weighted by Crippen LogP contribution is -2.38. The Bertz CT molecular complexity index is 286. The van der Waals surface area contributed by atoms with Crippen LogP contribution in [0, 0.1) is 5.92 Å². The number of thiazole rings is 1. The fourth-order valence-electron chi connectivity index (χ4n) is 2.01. The molecule has 1 aliphatic rings. The molecule has 3 nitrogen and oxygen atoms in total. The van der Waals surface area contributed by atoms with E-state index in [0.29, 0.717) is 12.1 Å². The van der Waals surface area contributed by atoms with Crippen molar-refractivity contribution in [2.75, 3.05) is 13.1 Å². The lowest BCUT2D eigenvalue weighted by atomic mass is 10.0. The first-order valence-electron chi connectivity index (χ1n) is 5.63. The lowest BCUT2D eigenvalue weighted by molar-refractivity contribution is 0.425. The van der Waals surface area contributed by atoms with Gasteiger partial charge < -0.3 is 10.6 Å². The van der Waals surface area contributed by atoms with Gasteiger partial charge in [0.05, 0.1) is 6.04 Å². The van der Waals surface area contributed by atoms with E-state index in [1.54, 1.807) is 11.3 Å². The van der Waals surface area contributed by atoms with Gasteiger partial charge in [-0.1, -0.05) is 6.92 Å². The Hall–Kier alpha value is -0.450. The van der Waals surface area contributed by atoms with Crippen LogP contribution in [0.2, 0.25) is 0 Å². The maximum Gasteiger partial charge on any atom is 0.109 e. The molecule has 1 saturated heterocycles. The topological polar surface area (TPSA) is 37.0 Å². The zero-order valence-electron chi connectivity index (χ0n) is 9.36. The average Bonchev–Trinajstić information content (AvgIpc) is 2.85. The number of hydrogen-bond acceptors (Lipinski definition) is 4. The van der Waals surface area contributed by atoms with Gasteiger partial charge in [0, 0.05) is 24.2 Å². The van der Waals surface area contributed by atoms with Gasteiger partial charge in [0.1, 0.15) is 5.01 Å². The predicted octanol–water partition coefficient (Wildman–Crippen LogP) is 1.79. The number of rotatable bonds is 4. The largest absolute Gasteiger partial charge is 0.312 e. The maximum absolute atomic E-state index is 4.32. The van der Waals surface area contributed by atoms with Crippen molar-refractivity contribution in [3.8, 4) is 0 Å². The standard InChI is InChI=1S/C11H19N3S/c1-8-3-4-12-10(8)7-14-9(2)11-13-5-6-15-11/h5-6,8-10,12,14H,3-4,7H2,1-2H3. The molecule has 1 fully saturated rings. The Morgan fingerprint density at radius 1 is 1.73 bits per heavy atom. The highest BCUT2D eigenvalue weighted by atomic mass is 32.1. The fraction of sp³-hybridized carbons (Fsp3) is 0.727. The summed E-state index contributed by atoms with van der Waals surface area (Å²) >= 11 is 1.72. The summed E-state index contributed by atoms with van der Waals surface area (Å²) in [5.41, 5.74) is 0. The Morgan fingerprint density at radius 3 is 3.20 bits per heavy atom. The number of hydrogen-bond donors (Lipinski definition) is 2. The van der Waals surface area contributed by atoms with E-state index in [0.717, 1.165) is 12.5 Å². The van der Waals surface area contributed by atoms with Crippen molar-refractivity contribution in [2.45, 2.75) is 32.4 Å². The summed E-state index contributed by atoms with van der Waals surface area (Å²) in [4.78, 5) is 4.32. The molecule has 0 aliphatic carbocycles. The van der Waals surface area contributed by atoms with Crippen LogP contribution in [0.4, 0.5) is 0 Å². The van der Waals surface area contributed by atoms with Crippen LogP contribution < -0.4 is 10.6 Å². The molecule has 0 bridgehead atoms. The second-order valence-electron chi connectivity index (χ2n) is 4.33. The number of nitrogens with zero attached hydrogens (tertiary/aromatic N) is 1. The van der Waals surface area contributed by atoms with Crippen LogP contribution in [0.15, 0.2) is 11.6 Å². The van der Waals surface area contributed by atoms with Gasteiger partial charge >= 0.3 is 0 Å². The molecule has 1 aliphatic heterocycles. The highest BCUT2D eigenvalue weighted by molar-refractivity contribution is 7.09. The summed E-state index contributed by atoms with van der Waals surface area (Å²) < 4.78 is 0. The van der Waals surface area contributed by atoms with E-state index in [2.05, 4.69) is 29.5 Å². The zero-order chi connectivity index (χ0) is 10.7. The molecule has 2 rings (SSSR count). The van der Waals surface area contributed by atoms with E-state index in [1.165, 1.54) is 18.0 Å². The normalized spacial score (nSPS) is 28.1. The van der Waals surface area contributed by atoms with E-state index in [9.17, 15) is 0 Å². The van der Waals surface area contributed by atoms with Gasteiger partial charge in [-0.15, -0.1) is 11.3 Å². The Morgan fingerprint density at radius 2 is 2.60 bits per heavy atom. The van der Waals surface area contributed by atoms with Gasteiger partial charge in [-0.25, -0.2) is 4.98 Å². The highest BCUT2D eigenvalue weighted by Gasteiger charge is 2.22. The first-order chi connectivity index (χ1) is 7.27. The first-order valence-corrected chi connectivity index (χ1v) is 6.51. The van der Waals surface area contributed by atoms with E-state index in [1.807, 2.05) is 11.6 Å². The van der Waals surface area contributed by atoms with Crippen LogP contribution in [-0.4, -0.2) is 24.1 Å². The quantitative estimate of drug-likeness (QED) is 0.820. The molecule has 4 heteroatoms. The third kappa shape index (κ3) is 2.77. The van der Waals surface area contributed by atoms with E-state index >= 15 is 0 Å². The van der Waals surface area contributed by atoms with Crippen LogP contribution in [0.25, 0.3) is 0 Å². The molecule has 1 aromatic rings. The van der Waals surface area contributed by atoms with Crippen LogP contribution in [0.5, 0.6) is 0 Å². The van der Waals surface area contributed by atoms with Crippen molar-refractivity contribution in [3.63, 3.8) is 0 Å². The second kappa shape index (κ2) is 5.05. The molecule has 2 heterocycles. The number of aromatic nitrogens is 1. The summed E-state index contributed by atoms with van der Waals surface area (Å²) in [6.07, 6.45) is 3.17. The molecule has 84 valence electrons. The third-order valence-corrected chi connectivity index (χ3v) is 4.12. The molecule has 0 amide bonds. The van der Waals surface area contributed by atoms with Crippen LogP contribution >= 0.6 is 11.3 Å².